The molecular weight excluding hydrogens is 302 g/mol. The molecule has 114 valence electrons. The van der Waals surface area contributed by atoms with E-state index in [1.807, 2.05) is 31.2 Å². The van der Waals surface area contributed by atoms with Gasteiger partial charge in [-0.2, -0.15) is 0 Å². The van der Waals surface area contributed by atoms with Gasteiger partial charge in [0.05, 0.1) is 5.02 Å². The second-order valence-electron chi connectivity index (χ2n) is 5.15. The molecular formula is C17H16ClNO3. The summed E-state index contributed by atoms with van der Waals surface area (Å²) in [5, 5.41) is 3.38. The van der Waals surface area contributed by atoms with Gasteiger partial charge in [0.25, 0.3) is 5.91 Å². The van der Waals surface area contributed by atoms with Crippen molar-refractivity contribution in [1.82, 2.24) is 5.32 Å². The van der Waals surface area contributed by atoms with Crippen molar-refractivity contribution in [2.45, 2.75) is 13.5 Å². The molecule has 2 aromatic carbocycles. The lowest BCUT2D eigenvalue weighted by Crippen LogP contribution is -2.23. The summed E-state index contributed by atoms with van der Waals surface area (Å²) >= 11 is 6.18. The molecule has 1 heterocycles. The maximum atomic E-state index is 12.1. The molecule has 0 saturated heterocycles. The van der Waals surface area contributed by atoms with Crippen LogP contribution in [0.1, 0.15) is 21.5 Å². The summed E-state index contributed by atoms with van der Waals surface area (Å²) < 4.78 is 11.0. The van der Waals surface area contributed by atoms with Crippen molar-refractivity contribution in [3.05, 3.63) is 58.1 Å². The number of amides is 1. The predicted molar refractivity (Wildman–Crippen MR) is 84.8 cm³/mol. The van der Waals surface area contributed by atoms with Gasteiger partial charge in [0.1, 0.15) is 13.2 Å². The molecule has 0 fully saturated rings. The third kappa shape index (κ3) is 3.17. The smallest absolute Gasteiger partial charge is 0.251 e. The first-order valence-electron chi connectivity index (χ1n) is 7.06. The van der Waals surface area contributed by atoms with Gasteiger partial charge in [0, 0.05) is 12.1 Å². The minimum absolute atomic E-state index is 0.116. The summed E-state index contributed by atoms with van der Waals surface area (Å²) in [7, 11) is 0. The van der Waals surface area contributed by atoms with Crippen molar-refractivity contribution in [2.75, 3.05) is 13.2 Å². The lowest BCUT2D eigenvalue weighted by Gasteiger charge is -2.20. The molecule has 0 atom stereocenters. The second kappa shape index (κ2) is 6.28. The van der Waals surface area contributed by atoms with Gasteiger partial charge < -0.3 is 14.8 Å². The lowest BCUT2D eigenvalue weighted by atomic mass is 10.1. The Kier molecular flexibility index (Phi) is 4.20. The maximum Gasteiger partial charge on any atom is 0.251 e. The minimum Gasteiger partial charge on any atom is -0.486 e. The largest absolute Gasteiger partial charge is 0.486 e. The van der Waals surface area contributed by atoms with Crippen molar-refractivity contribution in [1.29, 1.82) is 0 Å². The number of ether oxygens (including phenoxy) is 2. The fraction of sp³-hybridized carbons (Fsp3) is 0.235. The molecule has 1 aliphatic rings. The Balaban J connectivity index is 1.71. The average Bonchev–Trinajstić information content (AvgIpc) is 2.53. The number of rotatable bonds is 3. The fourth-order valence-electron chi connectivity index (χ4n) is 2.34. The van der Waals surface area contributed by atoms with E-state index in [1.165, 1.54) is 0 Å². The average molecular weight is 318 g/mol. The standard InChI is InChI=1S/C17H16ClNO3/c1-11-3-2-4-13(7-11)17(20)19-10-12-8-14(18)16-15(9-12)21-5-6-22-16/h2-4,7-9H,5-6,10H2,1H3,(H,19,20). The molecule has 1 amide bonds. The molecule has 0 spiro atoms. The van der Waals surface area contributed by atoms with Crippen LogP contribution < -0.4 is 14.8 Å². The molecule has 1 N–H and O–H groups in total. The van der Waals surface area contributed by atoms with Crippen LogP contribution in [0.15, 0.2) is 36.4 Å². The normalized spacial score (nSPS) is 12.8. The monoisotopic (exact) mass is 317 g/mol. The second-order valence-corrected chi connectivity index (χ2v) is 5.56. The molecule has 0 radical (unpaired) electrons. The molecule has 0 unspecified atom stereocenters. The third-order valence-electron chi connectivity index (χ3n) is 3.39. The Labute approximate surface area is 134 Å². The van der Waals surface area contributed by atoms with Gasteiger partial charge in [0.15, 0.2) is 11.5 Å². The molecule has 22 heavy (non-hydrogen) atoms. The van der Waals surface area contributed by atoms with Crippen molar-refractivity contribution < 1.29 is 14.3 Å². The highest BCUT2D eigenvalue weighted by Gasteiger charge is 2.17. The molecule has 1 aliphatic heterocycles. The van der Waals surface area contributed by atoms with Gasteiger partial charge in [-0.1, -0.05) is 29.3 Å². The Morgan fingerprint density at radius 1 is 1.23 bits per heavy atom. The van der Waals surface area contributed by atoms with Crippen LogP contribution >= 0.6 is 11.6 Å². The number of carbonyl (C=O) groups excluding carboxylic acids is 1. The van der Waals surface area contributed by atoms with Crippen molar-refractivity contribution in [3.8, 4) is 11.5 Å². The number of hydrogen-bond donors (Lipinski definition) is 1. The summed E-state index contributed by atoms with van der Waals surface area (Å²) in [6.45, 7) is 3.33. The summed E-state index contributed by atoms with van der Waals surface area (Å²) in [6.07, 6.45) is 0. The first-order valence-corrected chi connectivity index (χ1v) is 7.44. The summed E-state index contributed by atoms with van der Waals surface area (Å²) in [4.78, 5) is 12.1. The number of fused-ring (bicyclic) bond motifs is 1. The highest BCUT2D eigenvalue weighted by atomic mass is 35.5. The summed E-state index contributed by atoms with van der Waals surface area (Å²) in [5.74, 6) is 1.08. The van der Waals surface area contributed by atoms with Crippen molar-refractivity contribution in [2.24, 2.45) is 0 Å². The minimum atomic E-state index is -0.116. The third-order valence-corrected chi connectivity index (χ3v) is 3.67. The van der Waals surface area contributed by atoms with Gasteiger partial charge in [0.2, 0.25) is 0 Å². The Hall–Kier alpha value is -2.20. The quantitative estimate of drug-likeness (QED) is 0.944. The van der Waals surface area contributed by atoms with Gasteiger partial charge in [-0.3, -0.25) is 4.79 Å². The van der Waals surface area contributed by atoms with Crippen LogP contribution in [0.3, 0.4) is 0 Å². The Bertz CT molecular complexity index is 715. The van der Waals surface area contributed by atoms with E-state index in [0.717, 1.165) is 11.1 Å². The molecule has 5 heteroatoms. The summed E-state index contributed by atoms with van der Waals surface area (Å²) in [6, 6.07) is 11.1. The predicted octanol–water partition coefficient (Wildman–Crippen LogP) is 3.35. The molecule has 4 nitrogen and oxygen atoms in total. The van der Waals surface area contributed by atoms with E-state index >= 15 is 0 Å². The first-order chi connectivity index (χ1) is 10.6. The molecule has 3 rings (SSSR count). The lowest BCUT2D eigenvalue weighted by molar-refractivity contribution is 0.0950. The van der Waals surface area contributed by atoms with Crippen LogP contribution in [0.25, 0.3) is 0 Å². The zero-order valence-corrected chi connectivity index (χ0v) is 12.9. The van der Waals surface area contributed by atoms with E-state index in [2.05, 4.69) is 5.32 Å². The van der Waals surface area contributed by atoms with E-state index < -0.39 is 0 Å². The Morgan fingerprint density at radius 3 is 2.86 bits per heavy atom. The van der Waals surface area contributed by atoms with Crippen LogP contribution in [0, 0.1) is 6.92 Å². The topological polar surface area (TPSA) is 47.6 Å². The molecule has 0 bridgehead atoms. The number of aryl methyl sites for hydroxylation is 1. The number of carbonyl (C=O) groups is 1. The van der Waals surface area contributed by atoms with Crippen LogP contribution in [0.4, 0.5) is 0 Å². The maximum absolute atomic E-state index is 12.1. The van der Waals surface area contributed by atoms with E-state index in [4.69, 9.17) is 21.1 Å². The van der Waals surface area contributed by atoms with Crippen molar-refractivity contribution >= 4 is 17.5 Å². The van der Waals surface area contributed by atoms with Gasteiger partial charge >= 0.3 is 0 Å². The van der Waals surface area contributed by atoms with Crippen LogP contribution in [0.2, 0.25) is 5.02 Å². The number of benzene rings is 2. The fourth-order valence-corrected chi connectivity index (χ4v) is 2.62. The molecule has 2 aromatic rings. The van der Waals surface area contributed by atoms with Crippen molar-refractivity contribution in [3.63, 3.8) is 0 Å². The van der Waals surface area contributed by atoms with Crippen LogP contribution in [-0.2, 0) is 6.54 Å². The Morgan fingerprint density at radius 2 is 2.05 bits per heavy atom. The summed E-state index contributed by atoms with van der Waals surface area (Å²) in [5.41, 5.74) is 2.56. The van der Waals surface area contributed by atoms with E-state index in [0.29, 0.717) is 41.8 Å². The highest BCUT2D eigenvalue weighted by molar-refractivity contribution is 6.32. The first kappa shape index (κ1) is 14.7. The van der Waals surface area contributed by atoms with Gasteiger partial charge in [-0.15, -0.1) is 0 Å². The molecule has 0 saturated carbocycles. The number of nitrogens with one attached hydrogen (secondary N) is 1. The zero-order chi connectivity index (χ0) is 15.5. The van der Waals surface area contributed by atoms with E-state index in [-0.39, 0.29) is 5.91 Å². The number of hydrogen-bond acceptors (Lipinski definition) is 3. The zero-order valence-electron chi connectivity index (χ0n) is 12.2. The van der Waals surface area contributed by atoms with Crippen LogP contribution in [0.5, 0.6) is 11.5 Å². The SMILES string of the molecule is Cc1cccc(C(=O)NCc2cc(Cl)c3c(c2)OCCO3)c1. The van der Waals surface area contributed by atoms with Crippen LogP contribution in [-0.4, -0.2) is 19.1 Å². The molecule has 0 aromatic heterocycles. The highest BCUT2D eigenvalue weighted by Crippen LogP contribution is 2.38. The van der Waals surface area contributed by atoms with E-state index in [1.54, 1.807) is 12.1 Å². The number of halogens is 1. The van der Waals surface area contributed by atoms with Gasteiger partial charge in [-0.05, 0) is 36.8 Å². The molecule has 0 aliphatic carbocycles. The van der Waals surface area contributed by atoms with E-state index in [9.17, 15) is 4.79 Å². The van der Waals surface area contributed by atoms with Gasteiger partial charge in [-0.25, -0.2) is 0 Å².